The Hall–Kier alpha value is -1.85. The number of hydrogen-bond donors (Lipinski definition) is 3. The van der Waals surface area contributed by atoms with Crippen LogP contribution in [0.4, 0.5) is 17.5 Å². The molecule has 3 rings (SSSR count). The first-order chi connectivity index (χ1) is 11.5. The number of rotatable bonds is 7. The van der Waals surface area contributed by atoms with Crippen LogP contribution < -0.4 is 10.6 Å². The molecular formula is C18H23ClN4O. The molecule has 1 aromatic heterocycles. The SMILES string of the molecule is CC(C)[C@H](CO)Nc1nc(Nc2cccc(Cl)c2)cc(C2CC2)n1. The third-order valence-corrected chi connectivity index (χ3v) is 4.39. The Bertz CT molecular complexity index is 703. The molecule has 6 heteroatoms. The molecular weight excluding hydrogens is 324 g/mol. The topological polar surface area (TPSA) is 70.1 Å². The Labute approximate surface area is 147 Å². The molecule has 1 aromatic carbocycles. The standard InChI is InChI=1S/C18H23ClN4O/c1-11(2)16(10-24)22-18-21-15(12-6-7-12)9-17(23-18)20-14-5-3-4-13(19)8-14/h3-5,8-9,11-12,16,24H,6-7,10H2,1-2H3,(H2,20,21,22,23)/t16-/m0/s1. The van der Waals surface area contributed by atoms with E-state index in [1.54, 1.807) is 0 Å². The molecule has 2 aromatic rings. The van der Waals surface area contributed by atoms with Crippen LogP contribution in [0, 0.1) is 5.92 Å². The maximum absolute atomic E-state index is 9.54. The summed E-state index contributed by atoms with van der Waals surface area (Å²) < 4.78 is 0. The second-order valence-corrected chi connectivity index (χ2v) is 7.03. The predicted octanol–water partition coefficient (Wildman–Crippen LogP) is 4.18. The summed E-state index contributed by atoms with van der Waals surface area (Å²) in [5.41, 5.74) is 1.92. The number of aromatic nitrogens is 2. The lowest BCUT2D eigenvalue weighted by Crippen LogP contribution is -2.30. The zero-order valence-corrected chi connectivity index (χ0v) is 14.7. The number of nitrogens with one attached hydrogen (secondary N) is 2. The number of aliphatic hydroxyl groups is 1. The first kappa shape index (κ1) is 17.0. The van der Waals surface area contributed by atoms with E-state index >= 15 is 0 Å². The van der Waals surface area contributed by atoms with Gasteiger partial charge in [-0.2, -0.15) is 4.98 Å². The van der Waals surface area contributed by atoms with Gasteiger partial charge >= 0.3 is 0 Å². The van der Waals surface area contributed by atoms with E-state index in [4.69, 9.17) is 11.6 Å². The highest BCUT2D eigenvalue weighted by Crippen LogP contribution is 2.40. The summed E-state index contributed by atoms with van der Waals surface area (Å²) in [4.78, 5) is 9.18. The van der Waals surface area contributed by atoms with Gasteiger partial charge in [-0.1, -0.05) is 31.5 Å². The van der Waals surface area contributed by atoms with Crippen molar-refractivity contribution in [1.29, 1.82) is 0 Å². The van der Waals surface area contributed by atoms with E-state index in [2.05, 4.69) is 34.4 Å². The van der Waals surface area contributed by atoms with E-state index in [9.17, 15) is 5.11 Å². The van der Waals surface area contributed by atoms with Gasteiger partial charge in [-0.15, -0.1) is 0 Å². The van der Waals surface area contributed by atoms with Gasteiger partial charge in [-0.3, -0.25) is 0 Å². The molecule has 0 aliphatic heterocycles. The number of benzene rings is 1. The summed E-state index contributed by atoms with van der Waals surface area (Å²) >= 11 is 6.04. The molecule has 1 fully saturated rings. The normalized spacial score (nSPS) is 15.4. The summed E-state index contributed by atoms with van der Waals surface area (Å²) in [5, 5.41) is 16.8. The monoisotopic (exact) mass is 346 g/mol. The first-order valence-corrected chi connectivity index (χ1v) is 8.72. The van der Waals surface area contributed by atoms with Crippen LogP contribution in [0.2, 0.25) is 5.02 Å². The van der Waals surface area contributed by atoms with Crippen LogP contribution in [0.5, 0.6) is 0 Å². The fourth-order valence-corrected chi connectivity index (χ4v) is 2.68. The molecule has 1 atom stereocenters. The first-order valence-electron chi connectivity index (χ1n) is 8.34. The van der Waals surface area contributed by atoms with E-state index in [1.165, 1.54) is 12.8 Å². The molecule has 128 valence electrons. The molecule has 1 heterocycles. The molecule has 0 unspecified atom stereocenters. The average Bonchev–Trinajstić information content (AvgIpc) is 3.37. The molecule has 1 aliphatic carbocycles. The van der Waals surface area contributed by atoms with E-state index in [1.807, 2.05) is 30.3 Å². The van der Waals surface area contributed by atoms with Crippen molar-refractivity contribution in [1.82, 2.24) is 9.97 Å². The van der Waals surface area contributed by atoms with E-state index in [0.717, 1.165) is 17.2 Å². The van der Waals surface area contributed by atoms with Gasteiger partial charge in [-0.05, 0) is 37.0 Å². The largest absolute Gasteiger partial charge is 0.394 e. The average molecular weight is 347 g/mol. The highest BCUT2D eigenvalue weighted by atomic mass is 35.5. The van der Waals surface area contributed by atoms with Gasteiger partial charge in [-0.25, -0.2) is 4.98 Å². The van der Waals surface area contributed by atoms with Crippen molar-refractivity contribution >= 4 is 29.1 Å². The van der Waals surface area contributed by atoms with Crippen molar-refractivity contribution < 1.29 is 5.11 Å². The molecule has 5 nitrogen and oxygen atoms in total. The van der Waals surface area contributed by atoms with Crippen molar-refractivity contribution in [2.75, 3.05) is 17.2 Å². The Balaban J connectivity index is 1.85. The smallest absolute Gasteiger partial charge is 0.225 e. The number of hydrogen-bond acceptors (Lipinski definition) is 5. The highest BCUT2D eigenvalue weighted by molar-refractivity contribution is 6.30. The lowest BCUT2D eigenvalue weighted by Gasteiger charge is -2.20. The van der Waals surface area contributed by atoms with Gasteiger partial charge in [0.1, 0.15) is 5.82 Å². The maximum atomic E-state index is 9.54. The second-order valence-electron chi connectivity index (χ2n) is 6.59. The quantitative estimate of drug-likeness (QED) is 0.701. The van der Waals surface area contributed by atoms with Crippen molar-refractivity contribution in [3.05, 3.63) is 41.0 Å². The van der Waals surface area contributed by atoms with E-state index in [-0.39, 0.29) is 18.6 Å². The van der Waals surface area contributed by atoms with Crippen molar-refractivity contribution in [2.45, 2.75) is 38.6 Å². The highest BCUT2D eigenvalue weighted by Gasteiger charge is 2.26. The Kier molecular flexibility index (Phi) is 5.21. The molecule has 0 amide bonds. The van der Waals surface area contributed by atoms with Crippen LogP contribution in [0.1, 0.15) is 38.3 Å². The van der Waals surface area contributed by atoms with Crippen molar-refractivity contribution in [2.24, 2.45) is 5.92 Å². The van der Waals surface area contributed by atoms with Crippen LogP contribution in [-0.4, -0.2) is 27.7 Å². The molecule has 1 saturated carbocycles. The van der Waals surface area contributed by atoms with Crippen LogP contribution in [-0.2, 0) is 0 Å². The van der Waals surface area contributed by atoms with Crippen molar-refractivity contribution in [3.8, 4) is 0 Å². The Morgan fingerprint density at radius 2 is 2.04 bits per heavy atom. The molecule has 0 spiro atoms. The van der Waals surface area contributed by atoms with Crippen LogP contribution >= 0.6 is 11.6 Å². The number of aliphatic hydroxyl groups excluding tert-OH is 1. The fourth-order valence-electron chi connectivity index (χ4n) is 2.49. The summed E-state index contributed by atoms with van der Waals surface area (Å²) in [7, 11) is 0. The molecule has 0 radical (unpaired) electrons. The second kappa shape index (κ2) is 7.36. The van der Waals surface area contributed by atoms with Gasteiger partial charge in [0.05, 0.1) is 18.3 Å². The van der Waals surface area contributed by atoms with Gasteiger partial charge in [0, 0.05) is 22.7 Å². The number of nitrogens with zero attached hydrogens (tertiary/aromatic N) is 2. The van der Waals surface area contributed by atoms with Gasteiger partial charge < -0.3 is 15.7 Å². The van der Waals surface area contributed by atoms with Gasteiger partial charge in [0.15, 0.2) is 0 Å². The predicted molar refractivity (Wildman–Crippen MR) is 98.1 cm³/mol. The van der Waals surface area contributed by atoms with E-state index in [0.29, 0.717) is 16.9 Å². The minimum atomic E-state index is -0.0709. The molecule has 0 bridgehead atoms. The summed E-state index contributed by atoms with van der Waals surface area (Å²) in [6, 6.07) is 9.46. The van der Waals surface area contributed by atoms with Crippen LogP contribution in [0.3, 0.4) is 0 Å². The molecule has 24 heavy (non-hydrogen) atoms. The Morgan fingerprint density at radius 3 is 2.67 bits per heavy atom. The maximum Gasteiger partial charge on any atom is 0.225 e. The minimum Gasteiger partial charge on any atom is -0.394 e. The minimum absolute atomic E-state index is 0.0474. The van der Waals surface area contributed by atoms with Gasteiger partial charge in [0.25, 0.3) is 0 Å². The lowest BCUT2D eigenvalue weighted by molar-refractivity contribution is 0.248. The fraction of sp³-hybridized carbons (Fsp3) is 0.444. The summed E-state index contributed by atoms with van der Waals surface area (Å²) in [6.45, 7) is 4.17. The lowest BCUT2D eigenvalue weighted by atomic mass is 10.1. The third kappa shape index (κ3) is 4.36. The molecule has 0 saturated heterocycles. The van der Waals surface area contributed by atoms with E-state index < -0.39 is 0 Å². The van der Waals surface area contributed by atoms with Gasteiger partial charge in [0.2, 0.25) is 5.95 Å². The summed E-state index contributed by atoms with van der Waals surface area (Å²) in [5.74, 6) is 2.08. The third-order valence-electron chi connectivity index (χ3n) is 4.15. The molecule has 1 aliphatic rings. The zero-order chi connectivity index (χ0) is 17.1. The summed E-state index contributed by atoms with van der Waals surface area (Å²) in [6.07, 6.45) is 2.33. The van der Waals surface area contributed by atoms with Crippen molar-refractivity contribution in [3.63, 3.8) is 0 Å². The molecule has 3 N–H and O–H groups in total. The number of halogens is 1. The Morgan fingerprint density at radius 1 is 1.25 bits per heavy atom. The van der Waals surface area contributed by atoms with Crippen LogP contribution in [0.25, 0.3) is 0 Å². The number of anilines is 3. The van der Waals surface area contributed by atoms with Crippen LogP contribution in [0.15, 0.2) is 30.3 Å². The zero-order valence-electron chi connectivity index (χ0n) is 14.0.